The van der Waals surface area contributed by atoms with Gasteiger partial charge in [-0.05, 0) is 73.2 Å². The first kappa shape index (κ1) is 13.8. The molecule has 1 aromatic rings. The Balaban J connectivity index is 1.59. The maximum atomic E-state index is 12.0. The van der Waals surface area contributed by atoms with E-state index in [2.05, 4.69) is 42.5 Å². The molecule has 23 heavy (non-hydrogen) atoms. The SMILES string of the molecule is CC1(C(=O)O)CC2CC1C1C3C=CC(C3)C21Cc1ccccc1. The Morgan fingerprint density at radius 2 is 2.00 bits per heavy atom. The fourth-order valence-electron chi connectivity index (χ4n) is 7.14. The lowest BCUT2D eigenvalue weighted by molar-refractivity contribution is -0.155. The number of benzene rings is 1. The quantitative estimate of drug-likeness (QED) is 0.672. The van der Waals surface area contributed by atoms with Crippen LogP contribution in [0.2, 0.25) is 0 Å². The van der Waals surface area contributed by atoms with E-state index < -0.39 is 11.4 Å². The number of allylic oxidation sites excluding steroid dienone is 2. The smallest absolute Gasteiger partial charge is 0.309 e. The summed E-state index contributed by atoms with van der Waals surface area (Å²) in [5.74, 6) is 2.26. The summed E-state index contributed by atoms with van der Waals surface area (Å²) in [5.41, 5.74) is 1.27. The molecule has 7 atom stereocenters. The van der Waals surface area contributed by atoms with Crippen LogP contribution in [-0.4, -0.2) is 11.1 Å². The maximum absolute atomic E-state index is 12.0. The highest BCUT2D eigenvalue weighted by Crippen LogP contribution is 2.76. The lowest BCUT2D eigenvalue weighted by atomic mass is 9.53. The van der Waals surface area contributed by atoms with E-state index in [1.165, 1.54) is 12.0 Å². The summed E-state index contributed by atoms with van der Waals surface area (Å²) in [4.78, 5) is 12.0. The molecule has 0 aliphatic heterocycles. The van der Waals surface area contributed by atoms with E-state index >= 15 is 0 Å². The van der Waals surface area contributed by atoms with E-state index in [0.29, 0.717) is 35.0 Å². The van der Waals surface area contributed by atoms with Crippen LogP contribution in [-0.2, 0) is 11.2 Å². The summed E-state index contributed by atoms with van der Waals surface area (Å²) in [6.45, 7) is 2.02. The standard InChI is InChI=1S/C21H24O2/c1-20(19(22)23)12-16-10-17(20)18-14-7-8-15(9-14)21(16,18)11-13-5-3-2-4-6-13/h2-8,14-18H,9-12H2,1H3,(H,22,23). The highest BCUT2D eigenvalue weighted by molar-refractivity contribution is 5.75. The Kier molecular flexibility index (Phi) is 2.58. The summed E-state index contributed by atoms with van der Waals surface area (Å²) in [6, 6.07) is 10.9. The molecule has 3 fully saturated rings. The van der Waals surface area contributed by atoms with Crippen molar-refractivity contribution in [2.45, 2.75) is 32.6 Å². The van der Waals surface area contributed by atoms with Crippen molar-refractivity contribution in [2.24, 2.45) is 40.4 Å². The third-order valence-corrected chi connectivity index (χ3v) is 7.95. The van der Waals surface area contributed by atoms with Gasteiger partial charge < -0.3 is 5.11 Å². The molecule has 1 aromatic carbocycles. The summed E-state index contributed by atoms with van der Waals surface area (Å²) in [7, 11) is 0. The zero-order valence-electron chi connectivity index (χ0n) is 13.6. The number of hydrogen-bond donors (Lipinski definition) is 1. The van der Waals surface area contributed by atoms with Gasteiger partial charge in [0.1, 0.15) is 0 Å². The molecule has 4 aliphatic rings. The van der Waals surface area contributed by atoms with Gasteiger partial charge in [0.15, 0.2) is 0 Å². The minimum absolute atomic E-state index is 0.334. The second kappa shape index (κ2) is 4.28. The van der Waals surface area contributed by atoms with Crippen LogP contribution >= 0.6 is 0 Å². The summed E-state index contributed by atoms with van der Waals surface area (Å²) in [6.07, 6.45) is 9.29. The Hall–Kier alpha value is -1.57. The van der Waals surface area contributed by atoms with Crippen molar-refractivity contribution in [1.29, 1.82) is 0 Å². The highest BCUT2D eigenvalue weighted by Gasteiger charge is 2.73. The average molecular weight is 308 g/mol. The van der Waals surface area contributed by atoms with Crippen LogP contribution in [0.3, 0.4) is 0 Å². The van der Waals surface area contributed by atoms with E-state index in [4.69, 9.17) is 0 Å². The molecule has 7 unspecified atom stereocenters. The van der Waals surface area contributed by atoms with Crippen LogP contribution in [0.5, 0.6) is 0 Å². The van der Waals surface area contributed by atoms with Crippen LogP contribution in [0.1, 0.15) is 31.7 Å². The predicted molar refractivity (Wildman–Crippen MR) is 88.8 cm³/mol. The Bertz CT molecular complexity index is 693. The second-order valence-corrected chi connectivity index (χ2v) is 8.66. The lowest BCUT2D eigenvalue weighted by Crippen LogP contribution is -2.49. The monoisotopic (exact) mass is 308 g/mol. The highest BCUT2D eigenvalue weighted by atomic mass is 16.4. The number of rotatable bonds is 3. The molecular weight excluding hydrogens is 284 g/mol. The predicted octanol–water partition coefficient (Wildman–Crippen LogP) is 4.17. The molecule has 0 spiro atoms. The van der Waals surface area contributed by atoms with Gasteiger partial charge in [-0.1, -0.05) is 42.5 Å². The summed E-state index contributed by atoms with van der Waals surface area (Å²) in [5, 5.41) is 9.84. The molecule has 5 rings (SSSR count). The number of aliphatic carboxylic acids is 1. The minimum Gasteiger partial charge on any atom is -0.481 e. The molecule has 4 bridgehead atoms. The zero-order chi connectivity index (χ0) is 15.8. The number of carboxylic acids is 1. The second-order valence-electron chi connectivity index (χ2n) is 8.66. The third-order valence-electron chi connectivity index (χ3n) is 7.95. The van der Waals surface area contributed by atoms with Crippen molar-refractivity contribution in [2.75, 3.05) is 0 Å². The van der Waals surface area contributed by atoms with Gasteiger partial charge in [-0.25, -0.2) is 0 Å². The number of carboxylic acid groups (broad SMARTS) is 1. The molecule has 0 aromatic heterocycles. The molecular formula is C21H24O2. The van der Waals surface area contributed by atoms with Gasteiger partial charge in [0.05, 0.1) is 5.41 Å². The van der Waals surface area contributed by atoms with Gasteiger partial charge >= 0.3 is 5.97 Å². The van der Waals surface area contributed by atoms with Crippen molar-refractivity contribution in [3.05, 3.63) is 48.0 Å². The first-order valence-electron chi connectivity index (χ1n) is 9.01. The van der Waals surface area contributed by atoms with Crippen LogP contribution in [0.25, 0.3) is 0 Å². The van der Waals surface area contributed by atoms with E-state index in [9.17, 15) is 9.90 Å². The van der Waals surface area contributed by atoms with Crippen LogP contribution in [0.15, 0.2) is 42.5 Å². The van der Waals surface area contributed by atoms with E-state index in [1.54, 1.807) is 0 Å². The van der Waals surface area contributed by atoms with Gasteiger partial charge in [0, 0.05) is 0 Å². The molecule has 4 aliphatic carbocycles. The molecule has 1 N–H and O–H groups in total. The fraction of sp³-hybridized carbons (Fsp3) is 0.571. The summed E-state index contributed by atoms with van der Waals surface area (Å²) >= 11 is 0. The number of fused-ring (bicyclic) bond motifs is 9. The largest absolute Gasteiger partial charge is 0.481 e. The van der Waals surface area contributed by atoms with Crippen molar-refractivity contribution >= 4 is 5.97 Å². The van der Waals surface area contributed by atoms with Crippen molar-refractivity contribution in [1.82, 2.24) is 0 Å². The van der Waals surface area contributed by atoms with E-state index in [-0.39, 0.29) is 0 Å². The number of carbonyl (C=O) groups is 1. The molecule has 2 nitrogen and oxygen atoms in total. The van der Waals surface area contributed by atoms with Crippen molar-refractivity contribution in [3.8, 4) is 0 Å². The molecule has 2 heteroatoms. The number of hydrogen-bond acceptors (Lipinski definition) is 1. The maximum Gasteiger partial charge on any atom is 0.309 e. The fourth-order valence-corrected chi connectivity index (χ4v) is 7.14. The molecule has 0 saturated heterocycles. The zero-order valence-corrected chi connectivity index (χ0v) is 13.6. The lowest BCUT2D eigenvalue weighted by Gasteiger charge is -2.50. The average Bonchev–Trinajstić information content (AvgIpc) is 3.25. The van der Waals surface area contributed by atoms with Gasteiger partial charge in [0.25, 0.3) is 0 Å². The first-order chi connectivity index (χ1) is 11.1. The van der Waals surface area contributed by atoms with Crippen LogP contribution in [0.4, 0.5) is 0 Å². The van der Waals surface area contributed by atoms with Gasteiger partial charge in [-0.3, -0.25) is 4.79 Å². The van der Waals surface area contributed by atoms with E-state index in [1.807, 2.05) is 6.92 Å². The Morgan fingerprint density at radius 3 is 2.74 bits per heavy atom. The molecule has 0 heterocycles. The Morgan fingerprint density at radius 1 is 1.22 bits per heavy atom. The van der Waals surface area contributed by atoms with Gasteiger partial charge in [-0.15, -0.1) is 0 Å². The molecule has 0 radical (unpaired) electrons. The first-order valence-corrected chi connectivity index (χ1v) is 9.01. The van der Waals surface area contributed by atoms with E-state index in [0.717, 1.165) is 19.3 Å². The molecule has 0 amide bonds. The van der Waals surface area contributed by atoms with Crippen LogP contribution < -0.4 is 0 Å². The van der Waals surface area contributed by atoms with Gasteiger partial charge in [0.2, 0.25) is 0 Å². The normalized spacial score (nSPS) is 48.8. The molecule has 120 valence electrons. The Labute approximate surface area is 137 Å². The molecule has 3 saturated carbocycles. The summed E-state index contributed by atoms with van der Waals surface area (Å²) < 4.78 is 0. The van der Waals surface area contributed by atoms with Gasteiger partial charge in [-0.2, -0.15) is 0 Å². The van der Waals surface area contributed by atoms with Crippen LogP contribution in [0, 0.1) is 40.4 Å². The topological polar surface area (TPSA) is 37.3 Å². The third kappa shape index (κ3) is 1.53. The minimum atomic E-state index is -0.565. The van der Waals surface area contributed by atoms with Crippen molar-refractivity contribution in [3.63, 3.8) is 0 Å². The van der Waals surface area contributed by atoms with Crippen molar-refractivity contribution < 1.29 is 9.90 Å².